The normalized spacial score (nSPS) is 12.4. The molecule has 0 aliphatic rings. The zero-order chi connectivity index (χ0) is 21.5. The predicted molar refractivity (Wildman–Crippen MR) is 118 cm³/mol. The summed E-state index contributed by atoms with van der Waals surface area (Å²) in [4.78, 5) is 12.9. The van der Waals surface area contributed by atoms with Crippen LogP contribution in [0.2, 0.25) is 0 Å². The van der Waals surface area contributed by atoms with Crippen LogP contribution >= 0.6 is 0 Å². The van der Waals surface area contributed by atoms with E-state index in [9.17, 15) is 10.1 Å². The fourth-order valence-electron chi connectivity index (χ4n) is 3.65. The summed E-state index contributed by atoms with van der Waals surface area (Å²) in [6.45, 7) is 10.6. The summed E-state index contributed by atoms with van der Waals surface area (Å²) in [5.74, 6) is -0.399. The zero-order valence-electron chi connectivity index (χ0n) is 18.0. The summed E-state index contributed by atoms with van der Waals surface area (Å²) in [6.07, 6.45) is 2.43. The number of nitrogens with one attached hydrogen (secondary N) is 2. The molecule has 0 atom stereocenters. The van der Waals surface area contributed by atoms with E-state index in [1.165, 1.54) is 6.20 Å². The molecule has 0 aromatic heterocycles. The third-order valence-corrected chi connectivity index (χ3v) is 4.49. The molecule has 0 saturated carbocycles. The van der Waals surface area contributed by atoms with Crippen LogP contribution in [-0.4, -0.2) is 11.4 Å². The van der Waals surface area contributed by atoms with Crippen molar-refractivity contribution < 1.29 is 4.79 Å². The van der Waals surface area contributed by atoms with E-state index in [2.05, 4.69) is 45.3 Å². The quantitative estimate of drug-likeness (QED) is 0.511. The molecule has 1 amide bonds. The minimum absolute atomic E-state index is 0.0591. The van der Waals surface area contributed by atoms with Crippen molar-refractivity contribution in [3.05, 3.63) is 83.6 Å². The lowest BCUT2D eigenvalue weighted by atomic mass is 9.82. The van der Waals surface area contributed by atoms with E-state index in [1.807, 2.05) is 66.7 Å². The van der Waals surface area contributed by atoms with Crippen LogP contribution in [0.15, 0.2) is 72.4 Å². The van der Waals surface area contributed by atoms with Gasteiger partial charge in [0.2, 0.25) is 0 Å². The Kier molecular flexibility index (Phi) is 7.23. The summed E-state index contributed by atoms with van der Waals surface area (Å²) >= 11 is 0. The Labute approximate surface area is 174 Å². The molecule has 0 aliphatic heterocycles. The minimum atomic E-state index is -0.399. The third kappa shape index (κ3) is 7.12. The van der Waals surface area contributed by atoms with Gasteiger partial charge in [0.15, 0.2) is 0 Å². The van der Waals surface area contributed by atoms with Gasteiger partial charge in [-0.3, -0.25) is 4.79 Å². The highest BCUT2D eigenvalue weighted by molar-refractivity contribution is 5.97. The fourth-order valence-corrected chi connectivity index (χ4v) is 3.65. The Morgan fingerprint density at radius 1 is 0.966 bits per heavy atom. The maximum absolute atomic E-state index is 12.9. The number of hydrogen-bond donors (Lipinski definition) is 2. The Morgan fingerprint density at radius 3 is 1.86 bits per heavy atom. The lowest BCUT2D eigenvalue weighted by molar-refractivity contribution is -0.117. The van der Waals surface area contributed by atoms with E-state index in [1.54, 1.807) is 0 Å². The Balaban J connectivity index is 2.22. The van der Waals surface area contributed by atoms with Crippen molar-refractivity contribution in [2.45, 2.75) is 52.6 Å². The minimum Gasteiger partial charge on any atom is -0.385 e. The smallest absolute Gasteiger partial charge is 0.264 e. The predicted octanol–water partition coefficient (Wildman–Crippen LogP) is 5.10. The monoisotopic (exact) mass is 389 g/mol. The molecule has 2 aromatic carbocycles. The van der Waals surface area contributed by atoms with Crippen molar-refractivity contribution in [3.63, 3.8) is 0 Å². The molecule has 4 heteroatoms. The second kappa shape index (κ2) is 9.43. The molecule has 0 bridgehead atoms. The number of nitrogens with zero attached hydrogens (tertiary/aromatic N) is 1. The van der Waals surface area contributed by atoms with Crippen molar-refractivity contribution in [2.24, 2.45) is 5.41 Å². The van der Waals surface area contributed by atoms with E-state index >= 15 is 0 Å². The Bertz CT molecular complexity index is 832. The van der Waals surface area contributed by atoms with Gasteiger partial charge in [-0.1, -0.05) is 81.4 Å². The summed E-state index contributed by atoms with van der Waals surface area (Å²) in [6, 6.07) is 21.2. The molecular formula is C25H31N3O. The molecule has 152 valence electrons. The van der Waals surface area contributed by atoms with E-state index < -0.39 is 5.91 Å². The van der Waals surface area contributed by atoms with E-state index in [-0.39, 0.29) is 22.6 Å². The molecule has 0 unspecified atom stereocenters. The van der Waals surface area contributed by atoms with Gasteiger partial charge in [-0.2, -0.15) is 5.26 Å². The van der Waals surface area contributed by atoms with Gasteiger partial charge in [0.25, 0.3) is 5.91 Å². The maximum atomic E-state index is 12.9. The van der Waals surface area contributed by atoms with Crippen LogP contribution in [0.1, 0.15) is 58.2 Å². The topological polar surface area (TPSA) is 64.9 Å². The molecule has 2 aromatic rings. The van der Waals surface area contributed by atoms with Gasteiger partial charge in [-0.15, -0.1) is 0 Å². The van der Waals surface area contributed by atoms with Crippen LogP contribution < -0.4 is 10.6 Å². The van der Waals surface area contributed by atoms with Gasteiger partial charge in [0.05, 0.1) is 6.04 Å². The maximum Gasteiger partial charge on any atom is 0.264 e. The average molecular weight is 390 g/mol. The Morgan fingerprint density at radius 2 is 1.45 bits per heavy atom. The highest BCUT2D eigenvalue weighted by atomic mass is 16.1. The summed E-state index contributed by atoms with van der Waals surface area (Å²) in [5, 5.41) is 15.8. The van der Waals surface area contributed by atoms with Crippen molar-refractivity contribution in [1.82, 2.24) is 10.6 Å². The van der Waals surface area contributed by atoms with Crippen LogP contribution in [0.3, 0.4) is 0 Å². The van der Waals surface area contributed by atoms with E-state index in [0.717, 1.165) is 17.5 Å². The van der Waals surface area contributed by atoms with Crippen molar-refractivity contribution in [1.29, 1.82) is 5.26 Å². The number of carbonyl (C=O) groups is 1. The molecule has 0 heterocycles. The number of hydrogen-bond acceptors (Lipinski definition) is 3. The van der Waals surface area contributed by atoms with Gasteiger partial charge in [-0.05, 0) is 36.8 Å². The van der Waals surface area contributed by atoms with Crippen LogP contribution in [-0.2, 0) is 4.79 Å². The van der Waals surface area contributed by atoms with Crippen molar-refractivity contribution in [3.8, 4) is 6.07 Å². The van der Waals surface area contributed by atoms with Crippen LogP contribution in [0.5, 0.6) is 0 Å². The summed E-state index contributed by atoms with van der Waals surface area (Å²) in [7, 11) is 0. The molecule has 0 fully saturated rings. The van der Waals surface area contributed by atoms with Gasteiger partial charge in [-0.25, -0.2) is 0 Å². The second-order valence-corrected chi connectivity index (χ2v) is 9.16. The molecule has 2 N–H and O–H groups in total. The first-order valence-electron chi connectivity index (χ1n) is 9.90. The number of nitriles is 1. The standard InChI is InChI=1S/C25H31N3O/c1-24(2,3)18-25(4,5)27-17-21(16-26)23(29)28-22(19-12-8-6-9-13-19)20-14-10-7-11-15-20/h6-15,17,22,27H,18H2,1-5H3,(H,28,29)/b21-17-. The van der Waals surface area contributed by atoms with Gasteiger partial charge >= 0.3 is 0 Å². The lowest BCUT2D eigenvalue weighted by Gasteiger charge is -2.33. The summed E-state index contributed by atoms with van der Waals surface area (Å²) < 4.78 is 0. The number of carbonyl (C=O) groups excluding carboxylic acids is 1. The molecule has 0 aliphatic carbocycles. The first kappa shape index (κ1) is 22.2. The molecule has 0 spiro atoms. The SMILES string of the molecule is CC(C)(C)CC(C)(C)N/C=C(/C#N)C(=O)NC(c1ccccc1)c1ccccc1. The van der Waals surface area contributed by atoms with Crippen LogP contribution in [0.25, 0.3) is 0 Å². The van der Waals surface area contributed by atoms with Crippen LogP contribution in [0, 0.1) is 16.7 Å². The second-order valence-electron chi connectivity index (χ2n) is 9.16. The number of benzene rings is 2. The largest absolute Gasteiger partial charge is 0.385 e. The molecular weight excluding hydrogens is 358 g/mol. The highest BCUT2D eigenvalue weighted by Crippen LogP contribution is 2.27. The summed E-state index contributed by atoms with van der Waals surface area (Å²) in [5.41, 5.74) is 1.88. The number of amides is 1. The molecule has 0 saturated heterocycles. The number of rotatable bonds is 7. The first-order chi connectivity index (χ1) is 13.6. The van der Waals surface area contributed by atoms with E-state index in [0.29, 0.717) is 0 Å². The fraction of sp³-hybridized carbons (Fsp3) is 0.360. The first-order valence-corrected chi connectivity index (χ1v) is 9.90. The van der Waals surface area contributed by atoms with Crippen molar-refractivity contribution >= 4 is 5.91 Å². The molecule has 4 nitrogen and oxygen atoms in total. The highest BCUT2D eigenvalue weighted by Gasteiger charge is 2.25. The Hall–Kier alpha value is -3.06. The van der Waals surface area contributed by atoms with Gasteiger partial charge < -0.3 is 10.6 Å². The van der Waals surface area contributed by atoms with Gasteiger partial charge in [0.1, 0.15) is 11.6 Å². The van der Waals surface area contributed by atoms with E-state index in [4.69, 9.17) is 0 Å². The van der Waals surface area contributed by atoms with Crippen LogP contribution in [0.4, 0.5) is 0 Å². The molecule has 29 heavy (non-hydrogen) atoms. The van der Waals surface area contributed by atoms with Crippen molar-refractivity contribution in [2.75, 3.05) is 0 Å². The van der Waals surface area contributed by atoms with Gasteiger partial charge in [0, 0.05) is 11.7 Å². The lowest BCUT2D eigenvalue weighted by Crippen LogP contribution is -2.40. The molecule has 0 radical (unpaired) electrons. The third-order valence-electron chi connectivity index (χ3n) is 4.49. The zero-order valence-corrected chi connectivity index (χ0v) is 18.0. The molecule has 2 rings (SSSR count). The average Bonchev–Trinajstić information content (AvgIpc) is 2.66.